The van der Waals surface area contributed by atoms with Gasteiger partial charge in [-0.3, -0.25) is 19.7 Å². The Kier molecular flexibility index (Phi) is 3.13. The minimum atomic E-state index is -1.16. The van der Waals surface area contributed by atoms with E-state index in [4.69, 9.17) is 28.4 Å². The van der Waals surface area contributed by atoms with Gasteiger partial charge < -0.3 is 10.5 Å². The molecule has 0 bridgehead atoms. The van der Waals surface area contributed by atoms with Crippen LogP contribution in [0.3, 0.4) is 0 Å². The number of hydrogen-bond donors (Lipinski definition) is 2. The molecule has 0 saturated carbocycles. The number of nitrogens with one attached hydrogen (secondary N) is 1. The van der Waals surface area contributed by atoms with Crippen LogP contribution in [0.4, 0.5) is 11.4 Å². The highest BCUT2D eigenvalue weighted by Crippen LogP contribution is 2.41. The van der Waals surface area contributed by atoms with E-state index in [-0.39, 0.29) is 16.3 Å². The van der Waals surface area contributed by atoms with Crippen LogP contribution in [0.2, 0.25) is 10.0 Å². The van der Waals surface area contributed by atoms with Crippen molar-refractivity contribution in [1.29, 1.82) is 0 Å². The van der Waals surface area contributed by atoms with E-state index in [0.717, 1.165) is 6.07 Å². The van der Waals surface area contributed by atoms with Crippen LogP contribution in [0.15, 0.2) is 11.2 Å². The molecule has 0 spiro atoms. The third kappa shape index (κ3) is 1.90. The molecule has 0 saturated heterocycles. The molecule has 10 heteroatoms. The Bertz CT molecular complexity index is 670. The fraction of sp³-hybridized carbons (Fsp3) is 0. The summed E-state index contributed by atoms with van der Waals surface area (Å²) >= 11 is 11.5. The standard InChI is InChI=1S/C9H3Cl2N3O5/c10-2-1-3-4(5(11)7(2)14(18)19)6(13-17)8(15)9(16)12-3/h1,17H,(H,12,16)/b13-6-. The van der Waals surface area contributed by atoms with Crippen LogP contribution in [0.1, 0.15) is 5.56 Å². The molecule has 8 nitrogen and oxygen atoms in total. The molecule has 1 aromatic carbocycles. The summed E-state index contributed by atoms with van der Waals surface area (Å²) in [7, 11) is 0. The van der Waals surface area contributed by atoms with Gasteiger partial charge >= 0.3 is 5.69 Å². The van der Waals surface area contributed by atoms with Crippen molar-refractivity contribution in [2.45, 2.75) is 0 Å². The number of benzene rings is 1. The van der Waals surface area contributed by atoms with E-state index < -0.39 is 33.0 Å². The van der Waals surface area contributed by atoms with Crippen molar-refractivity contribution in [1.82, 2.24) is 0 Å². The third-order valence-electron chi connectivity index (χ3n) is 2.38. The SMILES string of the molecule is O=C1Nc2cc(Cl)c([N+](=O)[O-])c(Cl)c2/C(=N/O)C1=O. The van der Waals surface area contributed by atoms with Crippen LogP contribution in [-0.2, 0) is 9.59 Å². The lowest BCUT2D eigenvalue weighted by molar-refractivity contribution is -0.384. The van der Waals surface area contributed by atoms with Gasteiger partial charge in [-0.1, -0.05) is 28.4 Å². The van der Waals surface area contributed by atoms with E-state index in [2.05, 4.69) is 10.5 Å². The number of nitrogens with zero attached hydrogens (tertiary/aromatic N) is 2. The highest BCUT2D eigenvalue weighted by Gasteiger charge is 2.37. The summed E-state index contributed by atoms with van der Waals surface area (Å²) < 4.78 is 0. The number of ketones is 1. The van der Waals surface area contributed by atoms with Gasteiger partial charge in [0, 0.05) is 0 Å². The second kappa shape index (κ2) is 4.48. The molecule has 1 heterocycles. The smallest absolute Gasteiger partial charge is 0.307 e. The van der Waals surface area contributed by atoms with Crippen molar-refractivity contribution >= 4 is 52.0 Å². The lowest BCUT2D eigenvalue weighted by atomic mass is 9.99. The van der Waals surface area contributed by atoms with E-state index in [1.165, 1.54) is 0 Å². The van der Waals surface area contributed by atoms with Crippen LogP contribution >= 0.6 is 23.2 Å². The second-order valence-electron chi connectivity index (χ2n) is 3.43. The highest BCUT2D eigenvalue weighted by atomic mass is 35.5. The van der Waals surface area contributed by atoms with Crippen LogP contribution in [0.5, 0.6) is 0 Å². The maximum Gasteiger partial charge on any atom is 0.307 e. The Morgan fingerprint density at radius 2 is 2.00 bits per heavy atom. The molecular weight excluding hydrogens is 301 g/mol. The van der Waals surface area contributed by atoms with Gasteiger partial charge in [-0.05, 0) is 6.07 Å². The number of anilines is 1. The Labute approximate surface area is 114 Å². The van der Waals surface area contributed by atoms with Gasteiger partial charge in [-0.25, -0.2) is 0 Å². The molecule has 19 heavy (non-hydrogen) atoms. The largest absolute Gasteiger partial charge is 0.410 e. The number of halogens is 2. The molecule has 1 aromatic rings. The second-order valence-corrected chi connectivity index (χ2v) is 4.22. The minimum absolute atomic E-state index is 0.0435. The molecule has 2 rings (SSSR count). The number of oxime groups is 1. The molecule has 0 atom stereocenters. The van der Waals surface area contributed by atoms with Gasteiger partial charge in [0.15, 0.2) is 5.71 Å². The summed E-state index contributed by atoms with van der Waals surface area (Å²) in [6, 6.07) is 1.05. The highest BCUT2D eigenvalue weighted by molar-refractivity contribution is 6.73. The number of rotatable bonds is 1. The summed E-state index contributed by atoms with van der Waals surface area (Å²) in [6.45, 7) is 0. The molecule has 0 unspecified atom stereocenters. The van der Waals surface area contributed by atoms with E-state index in [0.29, 0.717) is 0 Å². The maximum atomic E-state index is 11.5. The Balaban J connectivity index is 2.84. The van der Waals surface area contributed by atoms with E-state index in [9.17, 15) is 19.7 Å². The average molecular weight is 304 g/mol. The van der Waals surface area contributed by atoms with Crippen molar-refractivity contribution in [3.8, 4) is 0 Å². The van der Waals surface area contributed by atoms with Gasteiger partial charge in [0.05, 0.1) is 16.2 Å². The van der Waals surface area contributed by atoms with Gasteiger partial charge in [-0.15, -0.1) is 0 Å². The number of nitro groups is 1. The zero-order chi connectivity index (χ0) is 14.3. The summed E-state index contributed by atoms with van der Waals surface area (Å²) in [4.78, 5) is 32.8. The number of nitro benzene ring substituents is 1. The van der Waals surface area contributed by atoms with E-state index in [1.807, 2.05) is 0 Å². The number of hydrogen-bond acceptors (Lipinski definition) is 6. The maximum absolute atomic E-state index is 11.5. The molecule has 0 aliphatic carbocycles. The predicted octanol–water partition coefficient (Wildman–Crippen LogP) is 1.60. The first-order chi connectivity index (χ1) is 8.88. The zero-order valence-corrected chi connectivity index (χ0v) is 10.3. The van der Waals surface area contributed by atoms with Crippen LogP contribution in [0.25, 0.3) is 0 Å². The Morgan fingerprint density at radius 3 is 2.53 bits per heavy atom. The summed E-state index contributed by atoms with van der Waals surface area (Å²) in [5, 5.41) is 23.6. The number of carbonyl (C=O) groups is 2. The molecule has 0 fully saturated rings. The summed E-state index contributed by atoms with van der Waals surface area (Å²) in [5.74, 6) is -2.21. The molecule has 1 aliphatic heterocycles. The van der Waals surface area contributed by atoms with Gasteiger partial charge in [-0.2, -0.15) is 0 Å². The monoisotopic (exact) mass is 303 g/mol. The van der Waals surface area contributed by atoms with E-state index >= 15 is 0 Å². The molecule has 2 N–H and O–H groups in total. The fourth-order valence-corrected chi connectivity index (χ4v) is 2.28. The minimum Gasteiger partial charge on any atom is -0.410 e. The fourth-order valence-electron chi connectivity index (χ4n) is 1.60. The Morgan fingerprint density at radius 1 is 1.37 bits per heavy atom. The molecular formula is C9H3Cl2N3O5. The van der Waals surface area contributed by atoms with Crippen LogP contribution in [-0.4, -0.2) is 27.5 Å². The molecule has 98 valence electrons. The first kappa shape index (κ1) is 13.2. The van der Waals surface area contributed by atoms with Crippen molar-refractivity contribution in [3.05, 3.63) is 31.8 Å². The van der Waals surface area contributed by atoms with Gasteiger partial charge in [0.2, 0.25) is 0 Å². The van der Waals surface area contributed by atoms with Crippen molar-refractivity contribution in [3.63, 3.8) is 0 Å². The third-order valence-corrected chi connectivity index (χ3v) is 3.04. The van der Waals surface area contributed by atoms with Crippen molar-refractivity contribution in [2.24, 2.45) is 5.16 Å². The lowest BCUT2D eigenvalue weighted by Gasteiger charge is -2.18. The van der Waals surface area contributed by atoms with E-state index in [1.54, 1.807) is 0 Å². The topological polar surface area (TPSA) is 122 Å². The predicted molar refractivity (Wildman–Crippen MR) is 65.1 cm³/mol. The number of fused-ring (bicyclic) bond motifs is 1. The van der Waals surface area contributed by atoms with Crippen molar-refractivity contribution in [2.75, 3.05) is 5.32 Å². The van der Waals surface area contributed by atoms with Gasteiger partial charge in [0.25, 0.3) is 11.7 Å². The quantitative estimate of drug-likeness (QED) is 0.353. The van der Waals surface area contributed by atoms with Crippen molar-refractivity contribution < 1.29 is 19.7 Å². The number of carbonyl (C=O) groups excluding carboxylic acids is 2. The number of Topliss-reactive ketones (excluding diaryl/α,β-unsaturated/α-hetero) is 1. The molecule has 1 amide bonds. The first-order valence-corrected chi connectivity index (χ1v) is 5.38. The summed E-state index contributed by atoms with van der Waals surface area (Å²) in [5.41, 5.74) is -1.61. The first-order valence-electron chi connectivity index (χ1n) is 4.63. The summed E-state index contributed by atoms with van der Waals surface area (Å²) in [6.07, 6.45) is 0. The Hall–Kier alpha value is -2.19. The molecule has 0 aromatic heterocycles. The zero-order valence-electron chi connectivity index (χ0n) is 8.81. The van der Waals surface area contributed by atoms with Crippen LogP contribution in [0, 0.1) is 10.1 Å². The number of amides is 1. The van der Waals surface area contributed by atoms with Crippen LogP contribution < -0.4 is 5.32 Å². The molecule has 0 radical (unpaired) electrons. The lowest BCUT2D eigenvalue weighted by Crippen LogP contribution is -2.36. The average Bonchev–Trinajstić information content (AvgIpc) is 2.31. The normalized spacial score (nSPS) is 16.2. The van der Waals surface area contributed by atoms with Gasteiger partial charge in [0.1, 0.15) is 10.0 Å². The molecule has 1 aliphatic rings.